The topological polar surface area (TPSA) is 92.0 Å². The molecule has 0 spiro atoms. The summed E-state index contributed by atoms with van der Waals surface area (Å²) < 4.78 is 0. The molecule has 0 amide bonds. The zero-order chi connectivity index (χ0) is 8.27. The largest absolute Gasteiger partial charge is 0.480 e. The van der Waals surface area contributed by atoms with E-state index in [0.717, 1.165) is 5.69 Å². The monoisotopic (exact) mass is 155 g/mol. The molecule has 1 aromatic rings. The first-order valence-electron chi connectivity index (χ1n) is 3.17. The molecular formula is C6H9N3O2. The van der Waals surface area contributed by atoms with Crippen LogP contribution in [0.25, 0.3) is 0 Å². The van der Waals surface area contributed by atoms with Crippen molar-refractivity contribution >= 4 is 5.97 Å². The summed E-state index contributed by atoms with van der Waals surface area (Å²) in [5, 5.41) is 14.7. The van der Waals surface area contributed by atoms with Crippen LogP contribution in [0, 0.1) is 0 Å². The maximum atomic E-state index is 10.3. The van der Waals surface area contributed by atoms with Crippen molar-refractivity contribution in [3.63, 3.8) is 0 Å². The van der Waals surface area contributed by atoms with Gasteiger partial charge in [-0.1, -0.05) is 0 Å². The molecule has 11 heavy (non-hydrogen) atoms. The molecule has 0 aliphatic rings. The summed E-state index contributed by atoms with van der Waals surface area (Å²) in [5.41, 5.74) is 6.00. The molecule has 0 radical (unpaired) electrons. The maximum Gasteiger partial charge on any atom is 0.320 e. The Kier molecular flexibility index (Phi) is 2.22. The highest BCUT2D eigenvalue weighted by Crippen LogP contribution is 1.95. The molecule has 0 bridgehead atoms. The number of nitrogens with two attached hydrogens (primary N) is 1. The zero-order valence-corrected chi connectivity index (χ0v) is 5.82. The number of carboxylic acid groups (broad SMARTS) is 1. The molecule has 5 heteroatoms. The number of aromatic amines is 1. The minimum atomic E-state index is -1.00. The van der Waals surface area contributed by atoms with Crippen LogP contribution < -0.4 is 5.73 Å². The lowest BCUT2D eigenvalue weighted by Crippen LogP contribution is -2.32. The Morgan fingerprint density at radius 1 is 1.91 bits per heavy atom. The van der Waals surface area contributed by atoms with Crippen molar-refractivity contribution in [2.45, 2.75) is 12.5 Å². The van der Waals surface area contributed by atoms with Crippen molar-refractivity contribution in [3.05, 3.63) is 18.0 Å². The van der Waals surface area contributed by atoms with Crippen LogP contribution in [0.2, 0.25) is 0 Å². The van der Waals surface area contributed by atoms with E-state index in [1.165, 1.54) is 0 Å². The van der Waals surface area contributed by atoms with E-state index in [0.29, 0.717) is 0 Å². The van der Waals surface area contributed by atoms with E-state index in [1.54, 1.807) is 12.3 Å². The van der Waals surface area contributed by atoms with Crippen molar-refractivity contribution in [2.24, 2.45) is 5.73 Å². The predicted molar refractivity (Wildman–Crippen MR) is 37.9 cm³/mol. The van der Waals surface area contributed by atoms with Gasteiger partial charge in [-0.15, -0.1) is 0 Å². The fourth-order valence-corrected chi connectivity index (χ4v) is 0.723. The van der Waals surface area contributed by atoms with Crippen LogP contribution in [0.1, 0.15) is 5.69 Å². The summed E-state index contributed by atoms with van der Waals surface area (Å²) in [6.45, 7) is 0. The van der Waals surface area contributed by atoms with Crippen LogP contribution in [-0.2, 0) is 11.2 Å². The van der Waals surface area contributed by atoms with E-state index in [2.05, 4.69) is 10.2 Å². The Hall–Kier alpha value is -1.36. The van der Waals surface area contributed by atoms with Gasteiger partial charge in [-0.05, 0) is 6.07 Å². The summed E-state index contributed by atoms with van der Waals surface area (Å²) in [6.07, 6.45) is 1.85. The number of nitrogens with zero attached hydrogens (tertiary/aromatic N) is 1. The van der Waals surface area contributed by atoms with Gasteiger partial charge in [0.15, 0.2) is 0 Å². The number of H-pyrrole nitrogens is 1. The summed E-state index contributed by atoms with van der Waals surface area (Å²) in [5.74, 6) is -1.00. The first-order valence-corrected chi connectivity index (χ1v) is 3.17. The van der Waals surface area contributed by atoms with Crippen molar-refractivity contribution in [2.75, 3.05) is 0 Å². The van der Waals surface area contributed by atoms with E-state index in [4.69, 9.17) is 10.8 Å². The third-order valence-electron chi connectivity index (χ3n) is 1.32. The van der Waals surface area contributed by atoms with Crippen LogP contribution in [0.5, 0.6) is 0 Å². The van der Waals surface area contributed by atoms with E-state index in [-0.39, 0.29) is 6.42 Å². The SMILES string of the molecule is NC(Cc1ccn[nH]1)C(=O)O. The molecule has 5 nitrogen and oxygen atoms in total. The molecule has 1 rings (SSSR count). The number of carboxylic acids is 1. The molecule has 0 saturated heterocycles. The van der Waals surface area contributed by atoms with Crippen LogP contribution in [0.15, 0.2) is 12.3 Å². The molecule has 0 aliphatic heterocycles. The summed E-state index contributed by atoms with van der Waals surface area (Å²) >= 11 is 0. The normalized spacial score (nSPS) is 12.8. The summed E-state index contributed by atoms with van der Waals surface area (Å²) in [4.78, 5) is 10.3. The van der Waals surface area contributed by atoms with Gasteiger partial charge in [0.05, 0.1) is 0 Å². The highest BCUT2D eigenvalue weighted by atomic mass is 16.4. The van der Waals surface area contributed by atoms with Crippen LogP contribution in [0.4, 0.5) is 0 Å². The molecule has 60 valence electrons. The minimum absolute atomic E-state index is 0.287. The number of hydrogen-bond acceptors (Lipinski definition) is 3. The van der Waals surface area contributed by atoms with Crippen LogP contribution >= 0.6 is 0 Å². The quantitative estimate of drug-likeness (QED) is 0.541. The van der Waals surface area contributed by atoms with Gasteiger partial charge >= 0.3 is 5.97 Å². The second-order valence-electron chi connectivity index (χ2n) is 2.23. The standard InChI is InChI=1S/C6H9N3O2/c7-5(6(10)11)3-4-1-2-8-9-4/h1-2,5H,3,7H2,(H,8,9)(H,10,11). The molecule has 0 aromatic carbocycles. The van der Waals surface area contributed by atoms with Crippen molar-refractivity contribution in [1.82, 2.24) is 10.2 Å². The van der Waals surface area contributed by atoms with E-state index in [9.17, 15) is 4.79 Å². The molecule has 1 heterocycles. The molecule has 1 atom stereocenters. The fourth-order valence-electron chi connectivity index (χ4n) is 0.723. The molecule has 1 aromatic heterocycles. The van der Waals surface area contributed by atoms with Crippen LogP contribution in [-0.4, -0.2) is 27.3 Å². The summed E-state index contributed by atoms with van der Waals surface area (Å²) in [7, 11) is 0. The average molecular weight is 155 g/mol. The number of rotatable bonds is 3. The van der Waals surface area contributed by atoms with Gasteiger partial charge in [0.25, 0.3) is 0 Å². The average Bonchev–Trinajstić information content (AvgIpc) is 2.39. The zero-order valence-electron chi connectivity index (χ0n) is 5.82. The Morgan fingerprint density at radius 2 is 2.64 bits per heavy atom. The molecule has 0 aliphatic carbocycles. The third kappa shape index (κ3) is 2.05. The van der Waals surface area contributed by atoms with Gasteiger partial charge < -0.3 is 10.8 Å². The number of carbonyl (C=O) groups is 1. The Bertz CT molecular complexity index is 232. The van der Waals surface area contributed by atoms with Gasteiger partial charge in [0, 0.05) is 18.3 Å². The molecular weight excluding hydrogens is 146 g/mol. The number of aliphatic carboxylic acids is 1. The van der Waals surface area contributed by atoms with Gasteiger partial charge in [0.1, 0.15) is 6.04 Å². The Labute approximate surface area is 63.2 Å². The second-order valence-corrected chi connectivity index (χ2v) is 2.23. The maximum absolute atomic E-state index is 10.3. The Morgan fingerprint density at radius 3 is 3.09 bits per heavy atom. The molecule has 0 saturated carbocycles. The first kappa shape index (κ1) is 7.74. The third-order valence-corrected chi connectivity index (χ3v) is 1.32. The number of nitrogens with one attached hydrogen (secondary N) is 1. The van der Waals surface area contributed by atoms with E-state index >= 15 is 0 Å². The number of aromatic nitrogens is 2. The fraction of sp³-hybridized carbons (Fsp3) is 0.333. The minimum Gasteiger partial charge on any atom is -0.480 e. The molecule has 0 fully saturated rings. The molecule has 4 N–H and O–H groups in total. The summed E-state index contributed by atoms with van der Waals surface area (Å²) in [6, 6.07) is 0.846. The van der Waals surface area contributed by atoms with Crippen molar-refractivity contribution in [1.29, 1.82) is 0 Å². The molecule has 1 unspecified atom stereocenters. The van der Waals surface area contributed by atoms with E-state index < -0.39 is 12.0 Å². The van der Waals surface area contributed by atoms with E-state index in [1.807, 2.05) is 0 Å². The first-order chi connectivity index (χ1) is 5.20. The number of hydrogen-bond donors (Lipinski definition) is 3. The predicted octanol–water partition coefficient (Wildman–Crippen LogP) is -0.636. The lowest BCUT2D eigenvalue weighted by atomic mass is 10.2. The van der Waals surface area contributed by atoms with Crippen molar-refractivity contribution in [3.8, 4) is 0 Å². The van der Waals surface area contributed by atoms with Gasteiger partial charge in [-0.3, -0.25) is 9.89 Å². The Balaban J connectivity index is 2.50. The highest BCUT2D eigenvalue weighted by molar-refractivity contribution is 5.73. The van der Waals surface area contributed by atoms with Gasteiger partial charge in [-0.2, -0.15) is 5.10 Å². The highest BCUT2D eigenvalue weighted by Gasteiger charge is 2.11. The smallest absolute Gasteiger partial charge is 0.320 e. The lowest BCUT2D eigenvalue weighted by molar-refractivity contribution is -0.138. The van der Waals surface area contributed by atoms with Crippen LogP contribution in [0.3, 0.4) is 0 Å². The van der Waals surface area contributed by atoms with Crippen molar-refractivity contribution < 1.29 is 9.90 Å². The second kappa shape index (κ2) is 3.16. The van der Waals surface area contributed by atoms with Gasteiger partial charge in [-0.25, -0.2) is 0 Å². The lowest BCUT2D eigenvalue weighted by Gasteiger charge is -2.02. The van der Waals surface area contributed by atoms with Gasteiger partial charge in [0.2, 0.25) is 0 Å².